The number of allylic oxidation sites excluding steroid dienone is 1. The second-order valence-corrected chi connectivity index (χ2v) is 8.63. The molecule has 0 aliphatic carbocycles. The van der Waals surface area contributed by atoms with E-state index in [1.54, 1.807) is 24.3 Å². The lowest BCUT2D eigenvalue weighted by Crippen LogP contribution is -2.08. The highest BCUT2D eigenvalue weighted by molar-refractivity contribution is 6.09. The Labute approximate surface area is 236 Å². The number of hydrogen-bond donors (Lipinski definition) is 1. The average Bonchev–Trinajstić information content (AvgIpc) is 2.98. The van der Waals surface area contributed by atoms with Crippen molar-refractivity contribution >= 4 is 35.7 Å². The van der Waals surface area contributed by atoms with Gasteiger partial charge in [-0.2, -0.15) is 0 Å². The van der Waals surface area contributed by atoms with Crippen LogP contribution in [0.25, 0.3) is 6.08 Å². The molecule has 0 spiro atoms. The number of benzene rings is 3. The largest absolute Gasteiger partial charge is 0.494 e. The Balaban J connectivity index is 0.00000138. The van der Waals surface area contributed by atoms with Crippen molar-refractivity contribution < 1.29 is 38.2 Å². The van der Waals surface area contributed by atoms with Gasteiger partial charge in [0, 0.05) is 33.5 Å². The van der Waals surface area contributed by atoms with Crippen molar-refractivity contribution in [3.8, 4) is 5.75 Å². The van der Waals surface area contributed by atoms with E-state index in [1.807, 2.05) is 43.3 Å². The number of nitro benzene ring substituents is 1. The fraction of sp³-hybridized carbons (Fsp3) is 0.233. The molecule has 0 aromatic heterocycles. The molecule has 3 rings (SSSR count). The van der Waals surface area contributed by atoms with Gasteiger partial charge in [0.2, 0.25) is 0 Å². The molecule has 10 nitrogen and oxygen atoms in total. The van der Waals surface area contributed by atoms with Crippen LogP contribution in [0.15, 0.2) is 72.8 Å². The molecule has 3 aromatic rings. The first kappa shape index (κ1) is 32.2. The number of unbranched alkanes of at least 4 members (excludes halogenated alkanes) is 3. The van der Waals surface area contributed by atoms with Crippen LogP contribution in [-0.2, 0) is 14.5 Å². The smallest absolute Gasteiger partial charge is 0.338 e. The maximum absolute atomic E-state index is 12.7. The zero-order chi connectivity index (χ0) is 30.0. The van der Waals surface area contributed by atoms with E-state index < -0.39 is 10.9 Å². The molecule has 11 heteroatoms. The molecule has 0 aliphatic heterocycles. The number of anilines is 1. The molecule has 0 bridgehead atoms. The Hall–Kier alpha value is -5.06. The van der Waals surface area contributed by atoms with Crippen LogP contribution in [-0.4, -0.2) is 36.4 Å². The highest BCUT2D eigenvalue weighted by atomic mass is 19.3. The standard InChI is InChI=1S/C29H30N2O6.CHFO2/c1-2-7-21-8-10-22(11-9-21)28(32)23-12-14-27(15-13-23)36-16-5-3-4-6-17-37-29(33)24-18-25(30)20-26(19-24)31(34)35;2-4-1-3/h2,7-15,18-20H,3-6,16-17,30H2,1H3;1H/b7-2+;. The summed E-state index contributed by atoms with van der Waals surface area (Å²) in [6, 6.07) is 18.3. The fourth-order valence-electron chi connectivity index (χ4n) is 3.66. The van der Waals surface area contributed by atoms with E-state index in [2.05, 4.69) is 4.94 Å². The van der Waals surface area contributed by atoms with Gasteiger partial charge in [-0.25, -0.2) is 4.79 Å². The molecule has 0 unspecified atom stereocenters. The summed E-state index contributed by atoms with van der Waals surface area (Å²) in [5.74, 6) is 0.0321. The van der Waals surface area contributed by atoms with Crippen molar-refractivity contribution in [3.05, 3.63) is 105 Å². The van der Waals surface area contributed by atoms with Gasteiger partial charge in [-0.15, -0.1) is 0 Å². The van der Waals surface area contributed by atoms with Crippen LogP contribution in [0.4, 0.5) is 15.9 Å². The summed E-state index contributed by atoms with van der Waals surface area (Å²) in [7, 11) is 0. The quantitative estimate of drug-likeness (QED) is 0.0452. The van der Waals surface area contributed by atoms with E-state index in [0.29, 0.717) is 29.9 Å². The van der Waals surface area contributed by atoms with Gasteiger partial charge in [0.05, 0.1) is 23.7 Å². The van der Waals surface area contributed by atoms with Crippen molar-refractivity contribution in [1.29, 1.82) is 0 Å². The molecule has 216 valence electrons. The summed E-state index contributed by atoms with van der Waals surface area (Å²) in [6.07, 6.45) is 7.16. The van der Waals surface area contributed by atoms with Gasteiger partial charge in [0.25, 0.3) is 5.69 Å². The highest BCUT2D eigenvalue weighted by Gasteiger charge is 2.14. The van der Waals surface area contributed by atoms with Crippen molar-refractivity contribution in [2.75, 3.05) is 18.9 Å². The van der Waals surface area contributed by atoms with Crippen LogP contribution in [0.5, 0.6) is 5.75 Å². The van der Waals surface area contributed by atoms with E-state index in [1.165, 1.54) is 12.1 Å². The second kappa shape index (κ2) is 17.5. The average molecular weight is 567 g/mol. The minimum atomic E-state index is -0.633. The van der Waals surface area contributed by atoms with E-state index in [9.17, 15) is 24.2 Å². The molecule has 0 amide bonds. The SMILES string of the molecule is C/C=C/c1ccc(C(=O)c2ccc(OCCCCCCOC(=O)c3cc(N)cc([N+](=O)[O-])c3)cc2)cc1.O=COF. The predicted molar refractivity (Wildman–Crippen MR) is 151 cm³/mol. The number of non-ortho nitro benzene ring substituents is 1. The topological polar surface area (TPSA) is 148 Å². The van der Waals surface area contributed by atoms with Crippen LogP contribution in [0.2, 0.25) is 0 Å². The summed E-state index contributed by atoms with van der Waals surface area (Å²) >= 11 is 0. The summed E-state index contributed by atoms with van der Waals surface area (Å²) in [6.45, 7) is 2.41. The molecule has 0 fully saturated rings. The van der Waals surface area contributed by atoms with Gasteiger partial charge in [0.1, 0.15) is 5.75 Å². The molecule has 41 heavy (non-hydrogen) atoms. The number of ketones is 1. The number of nitrogen functional groups attached to an aromatic ring is 1. The van der Waals surface area contributed by atoms with Gasteiger partial charge < -0.3 is 15.2 Å². The third kappa shape index (κ3) is 11.3. The number of nitrogens with two attached hydrogens (primary N) is 1. The molecular weight excluding hydrogens is 535 g/mol. The van der Waals surface area contributed by atoms with Gasteiger partial charge >= 0.3 is 12.4 Å². The number of hydrogen-bond acceptors (Lipinski definition) is 9. The Morgan fingerprint density at radius 1 is 0.902 bits per heavy atom. The van der Waals surface area contributed by atoms with Crippen LogP contribution in [0.3, 0.4) is 0 Å². The number of esters is 1. The highest BCUT2D eigenvalue weighted by Crippen LogP contribution is 2.20. The minimum Gasteiger partial charge on any atom is -0.494 e. The van der Waals surface area contributed by atoms with Crippen LogP contribution in [0, 0.1) is 10.1 Å². The fourth-order valence-corrected chi connectivity index (χ4v) is 3.66. The van der Waals surface area contributed by atoms with Crippen molar-refractivity contribution in [2.24, 2.45) is 0 Å². The molecule has 3 aromatic carbocycles. The van der Waals surface area contributed by atoms with Crippen LogP contribution < -0.4 is 10.5 Å². The Morgan fingerprint density at radius 2 is 1.49 bits per heavy atom. The molecular formula is C30H31FN2O8. The third-order valence-corrected chi connectivity index (χ3v) is 5.61. The first-order chi connectivity index (χ1) is 19.8. The number of ether oxygens (including phenoxy) is 2. The Bertz CT molecular complexity index is 1330. The van der Waals surface area contributed by atoms with Crippen LogP contribution >= 0.6 is 0 Å². The number of rotatable bonds is 14. The molecule has 0 atom stereocenters. The zero-order valence-electron chi connectivity index (χ0n) is 22.5. The van der Waals surface area contributed by atoms with Gasteiger partial charge in [0.15, 0.2) is 5.78 Å². The maximum atomic E-state index is 12.7. The molecule has 0 saturated carbocycles. The number of carbonyl (C=O) groups excluding carboxylic acids is 3. The normalized spacial score (nSPS) is 10.3. The van der Waals surface area contributed by atoms with Crippen LogP contribution in [0.1, 0.15) is 64.4 Å². The van der Waals surface area contributed by atoms with Gasteiger partial charge in [-0.1, -0.05) is 36.4 Å². The van der Waals surface area contributed by atoms with E-state index in [0.717, 1.165) is 30.9 Å². The zero-order valence-corrected chi connectivity index (χ0v) is 22.5. The van der Waals surface area contributed by atoms with Gasteiger partial charge in [-0.05, 0) is 68.5 Å². The van der Waals surface area contributed by atoms with E-state index >= 15 is 0 Å². The number of halogens is 1. The lowest BCUT2D eigenvalue weighted by molar-refractivity contribution is -0.384. The minimum absolute atomic E-state index is 0.0340. The van der Waals surface area contributed by atoms with Crippen molar-refractivity contribution in [3.63, 3.8) is 0 Å². The summed E-state index contributed by atoms with van der Waals surface area (Å²) < 4.78 is 20.8. The molecule has 0 aliphatic rings. The predicted octanol–water partition coefficient (Wildman–Crippen LogP) is 6.28. The number of nitro groups is 1. The molecule has 0 radical (unpaired) electrons. The summed E-state index contributed by atoms with van der Waals surface area (Å²) in [4.78, 5) is 46.0. The summed E-state index contributed by atoms with van der Waals surface area (Å²) in [5, 5.41) is 10.9. The lowest BCUT2D eigenvalue weighted by Gasteiger charge is -2.08. The van der Waals surface area contributed by atoms with E-state index in [4.69, 9.17) is 20.0 Å². The second-order valence-electron chi connectivity index (χ2n) is 8.63. The monoisotopic (exact) mass is 566 g/mol. The van der Waals surface area contributed by atoms with Crippen molar-refractivity contribution in [1.82, 2.24) is 0 Å². The first-order valence-corrected chi connectivity index (χ1v) is 12.7. The number of carbonyl (C=O) groups is 3. The first-order valence-electron chi connectivity index (χ1n) is 12.7. The third-order valence-electron chi connectivity index (χ3n) is 5.61. The van der Waals surface area contributed by atoms with Crippen molar-refractivity contribution in [2.45, 2.75) is 32.6 Å². The Kier molecular flexibility index (Phi) is 13.7. The maximum Gasteiger partial charge on any atom is 0.338 e. The summed E-state index contributed by atoms with van der Waals surface area (Å²) in [5.41, 5.74) is 7.87. The molecule has 0 heterocycles. The number of nitrogens with zero attached hydrogens (tertiary/aromatic N) is 1. The lowest BCUT2D eigenvalue weighted by atomic mass is 10.0. The Morgan fingerprint density at radius 3 is 2.05 bits per heavy atom. The van der Waals surface area contributed by atoms with E-state index in [-0.39, 0.29) is 35.8 Å². The molecule has 0 saturated heterocycles. The molecule has 2 N–H and O–H groups in total. The van der Waals surface area contributed by atoms with Gasteiger partial charge in [-0.3, -0.25) is 24.6 Å².